The molecule has 8 heteroatoms. The Labute approximate surface area is 182 Å². The van der Waals surface area contributed by atoms with Crippen molar-refractivity contribution in [2.45, 2.75) is 70.3 Å². The van der Waals surface area contributed by atoms with Crippen molar-refractivity contribution in [2.75, 3.05) is 37.6 Å². The molecule has 0 saturated carbocycles. The maximum absolute atomic E-state index is 12.7. The Morgan fingerprint density at radius 3 is 2.39 bits per heavy atom. The highest BCUT2D eigenvalue weighted by atomic mass is 19.4. The minimum atomic E-state index is -4.53. The zero-order chi connectivity index (χ0) is 22.2. The first-order chi connectivity index (χ1) is 14.7. The number of nitrogens with zero attached hydrogens (tertiary/aromatic N) is 3. The van der Waals surface area contributed by atoms with Gasteiger partial charge in [0, 0.05) is 44.0 Å². The highest BCUT2D eigenvalue weighted by molar-refractivity contribution is 5.68. The standard InChI is InChI=1S/C23H32F3N3O2/c1-17-13-19(15-20(14-17)27-8-4-9-27)16-29-10-3-5-22(29)6-11-28(12-7-22)21(30)31-18(2)23(24,25)26/h13-15,18H,3-12,16H2,1-2H3. The number of anilines is 1. The molecule has 3 fully saturated rings. The average molecular weight is 440 g/mol. The van der Waals surface area contributed by atoms with E-state index in [0.717, 1.165) is 58.8 Å². The summed E-state index contributed by atoms with van der Waals surface area (Å²) >= 11 is 0. The van der Waals surface area contributed by atoms with Gasteiger partial charge in [-0.05, 0) is 75.8 Å². The largest absolute Gasteiger partial charge is 0.437 e. The molecule has 1 unspecified atom stereocenters. The normalized spacial score (nSPS) is 22.5. The van der Waals surface area contributed by atoms with E-state index in [1.807, 2.05) is 0 Å². The Morgan fingerprint density at radius 1 is 1.06 bits per heavy atom. The van der Waals surface area contributed by atoms with E-state index in [-0.39, 0.29) is 5.54 Å². The summed E-state index contributed by atoms with van der Waals surface area (Å²) in [5.41, 5.74) is 3.89. The van der Waals surface area contributed by atoms with Gasteiger partial charge in [0.1, 0.15) is 0 Å². The first-order valence-electron chi connectivity index (χ1n) is 11.3. The second kappa shape index (κ2) is 8.52. The molecule has 172 valence electrons. The lowest BCUT2D eigenvalue weighted by molar-refractivity contribution is -0.200. The first kappa shape index (κ1) is 22.2. The number of halogens is 3. The molecular formula is C23H32F3N3O2. The summed E-state index contributed by atoms with van der Waals surface area (Å²) in [6.45, 7) is 8.02. The Bertz CT molecular complexity index is 802. The van der Waals surface area contributed by atoms with Gasteiger partial charge in [0.2, 0.25) is 0 Å². The molecule has 1 amide bonds. The predicted molar refractivity (Wildman–Crippen MR) is 113 cm³/mol. The molecule has 0 aliphatic carbocycles. The van der Waals surface area contributed by atoms with Crippen molar-refractivity contribution < 1.29 is 22.7 Å². The van der Waals surface area contributed by atoms with E-state index in [9.17, 15) is 18.0 Å². The van der Waals surface area contributed by atoms with Crippen LogP contribution in [-0.4, -0.2) is 66.4 Å². The van der Waals surface area contributed by atoms with Crippen molar-refractivity contribution in [2.24, 2.45) is 0 Å². The zero-order valence-electron chi connectivity index (χ0n) is 18.4. The van der Waals surface area contributed by atoms with Crippen LogP contribution in [0.1, 0.15) is 50.2 Å². The minimum absolute atomic E-state index is 0.0209. The van der Waals surface area contributed by atoms with Gasteiger partial charge < -0.3 is 14.5 Å². The van der Waals surface area contributed by atoms with Crippen molar-refractivity contribution >= 4 is 11.8 Å². The van der Waals surface area contributed by atoms with Crippen LogP contribution in [0.25, 0.3) is 0 Å². The van der Waals surface area contributed by atoms with E-state index in [1.54, 1.807) is 0 Å². The maximum atomic E-state index is 12.7. The van der Waals surface area contributed by atoms with E-state index in [1.165, 1.54) is 28.1 Å². The van der Waals surface area contributed by atoms with E-state index >= 15 is 0 Å². The quantitative estimate of drug-likeness (QED) is 0.680. The number of hydrogen-bond donors (Lipinski definition) is 0. The Kier molecular flexibility index (Phi) is 6.12. The van der Waals surface area contributed by atoms with Crippen LogP contribution in [0, 0.1) is 6.92 Å². The highest BCUT2D eigenvalue weighted by Crippen LogP contribution is 2.40. The second-order valence-electron chi connectivity index (χ2n) is 9.32. The fourth-order valence-electron chi connectivity index (χ4n) is 5.11. The molecule has 0 radical (unpaired) electrons. The molecule has 3 saturated heterocycles. The lowest BCUT2D eigenvalue weighted by Gasteiger charge is -2.45. The SMILES string of the molecule is Cc1cc(CN2CCCC23CCN(C(=O)OC(C)C(F)(F)F)CC3)cc(N2CCC2)c1. The van der Waals surface area contributed by atoms with Gasteiger partial charge in [-0.1, -0.05) is 6.07 Å². The lowest BCUT2D eigenvalue weighted by Crippen LogP contribution is -2.53. The molecular weight excluding hydrogens is 407 g/mol. The third kappa shape index (κ3) is 4.78. The van der Waals surface area contributed by atoms with Crippen LogP contribution in [0.4, 0.5) is 23.7 Å². The van der Waals surface area contributed by atoms with Crippen LogP contribution >= 0.6 is 0 Å². The number of likely N-dealkylation sites (tertiary alicyclic amines) is 2. The van der Waals surface area contributed by atoms with Gasteiger partial charge in [-0.2, -0.15) is 13.2 Å². The molecule has 1 aromatic rings. The van der Waals surface area contributed by atoms with Crippen LogP contribution in [0.3, 0.4) is 0 Å². The Hall–Kier alpha value is -1.96. The van der Waals surface area contributed by atoms with Crippen molar-refractivity contribution in [3.63, 3.8) is 0 Å². The molecule has 31 heavy (non-hydrogen) atoms. The second-order valence-corrected chi connectivity index (χ2v) is 9.32. The summed E-state index contributed by atoms with van der Waals surface area (Å²) in [6.07, 6.45) is -2.50. The zero-order valence-corrected chi connectivity index (χ0v) is 18.4. The van der Waals surface area contributed by atoms with Crippen molar-refractivity contribution in [1.29, 1.82) is 0 Å². The molecule has 1 aromatic carbocycles. The molecule has 3 aliphatic rings. The molecule has 0 aromatic heterocycles. The van der Waals surface area contributed by atoms with Crippen LogP contribution < -0.4 is 4.90 Å². The summed E-state index contributed by atoms with van der Waals surface area (Å²) in [5, 5.41) is 0. The number of carbonyl (C=O) groups is 1. The molecule has 4 rings (SSSR count). The smallest absolute Gasteiger partial charge is 0.425 e. The van der Waals surface area contributed by atoms with Gasteiger partial charge in [0.15, 0.2) is 6.10 Å². The molecule has 5 nitrogen and oxygen atoms in total. The summed E-state index contributed by atoms with van der Waals surface area (Å²) < 4.78 is 42.7. The number of rotatable bonds is 4. The molecule has 3 heterocycles. The first-order valence-corrected chi connectivity index (χ1v) is 11.3. The third-order valence-corrected chi connectivity index (χ3v) is 7.15. The molecule has 3 aliphatic heterocycles. The van der Waals surface area contributed by atoms with Gasteiger partial charge in [0.05, 0.1) is 0 Å². The number of piperidine rings is 1. The molecule has 0 bridgehead atoms. The minimum Gasteiger partial charge on any atom is -0.437 e. The van der Waals surface area contributed by atoms with E-state index in [0.29, 0.717) is 13.1 Å². The topological polar surface area (TPSA) is 36.0 Å². The maximum Gasteiger partial charge on any atom is 0.425 e. The van der Waals surface area contributed by atoms with Crippen molar-refractivity contribution in [3.8, 4) is 0 Å². The molecule has 1 spiro atoms. The Morgan fingerprint density at radius 2 is 1.77 bits per heavy atom. The molecule has 1 atom stereocenters. The fraction of sp³-hybridized carbons (Fsp3) is 0.696. The van der Waals surface area contributed by atoms with Crippen LogP contribution in [0.15, 0.2) is 18.2 Å². The van der Waals surface area contributed by atoms with Crippen LogP contribution in [0.2, 0.25) is 0 Å². The number of alkyl halides is 3. The van der Waals surface area contributed by atoms with Crippen molar-refractivity contribution in [3.05, 3.63) is 29.3 Å². The summed E-state index contributed by atoms with van der Waals surface area (Å²) in [4.78, 5) is 18.6. The van der Waals surface area contributed by atoms with Gasteiger partial charge in [-0.3, -0.25) is 4.90 Å². The number of amides is 1. The monoisotopic (exact) mass is 439 g/mol. The van der Waals surface area contributed by atoms with E-state index < -0.39 is 18.4 Å². The van der Waals surface area contributed by atoms with Crippen molar-refractivity contribution in [1.82, 2.24) is 9.80 Å². The third-order valence-electron chi connectivity index (χ3n) is 7.15. The lowest BCUT2D eigenvalue weighted by atomic mass is 9.85. The van der Waals surface area contributed by atoms with Crippen LogP contribution in [-0.2, 0) is 11.3 Å². The van der Waals surface area contributed by atoms with Gasteiger partial charge in [-0.15, -0.1) is 0 Å². The van der Waals surface area contributed by atoms with E-state index in [4.69, 9.17) is 0 Å². The number of carbonyl (C=O) groups excluding carboxylic acids is 1. The number of hydrogen-bond acceptors (Lipinski definition) is 4. The summed E-state index contributed by atoms with van der Waals surface area (Å²) in [7, 11) is 0. The average Bonchev–Trinajstić information content (AvgIpc) is 3.01. The Balaban J connectivity index is 1.38. The predicted octanol–water partition coefficient (Wildman–Crippen LogP) is 4.72. The van der Waals surface area contributed by atoms with Gasteiger partial charge >= 0.3 is 12.3 Å². The van der Waals surface area contributed by atoms with Gasteiger partial charge in [-0.25, -0.2) is 4.79 Å². The number of aryl methyl sites for hydroxylation is 1. The summed E-state index contributed by atoms with van der Waals surface area (Å²) in [6, 6.07) is 6.79. The van der Waals surface area contributed by atoms with Crippen LogP contribution in [0.5, 0.6) is 0 Å². The highest BCUT2D eigenvalue weighted by Gasteiger charge is 2.45. The summed E-state index contributed by atoms with van der Waals surface area (Å²) in [5.74, 6) is 0. The number of benzene rings is 1. The number of ether oxygens (including phenoxy) is 1. The fourth-order valence-corrected chi connectivity index (χ4v) is 5.11. The molecule has 0 N–H and O–H groups in total. The van der Waals surface area contributed by atoms with Gasteiger partial charge in [0.25, 0.3) is 0 Å². The van der Waals surface area contributed by atoms with E-state index in [2.05, 4.69) is 39.7 Å².